The summed E-state index contributed by atoms with van der Waals surface area (Å²) in [6.45, 7) is 2.96. The number of aromatic nitrogens is 4. The molecule has 0 atom stereocenters. The lowest BCUT2D eigenvalue weighted by Crippen LogP contribution is -2.66. The minimum absolute atomic E-state index is 0.0171. The number of H-pyrrole nitrogens is 1. The van der Waals surface area contributed by atoms with Crippen LogP contribution < -0.4 is 15.1 Å². The van der Waals surface area contributed by atoms with Gasteiger partial charge in [0.1, 0.15) is 5.69 Å². The Hall–Kier alpha value is -3.03. The van der Waals surface area contributed by atoms with Gasteiger partial charge in [-0.15, -0.1) is 5.10 Å². The molecule has 0 radical (unpaired) electrons. The zero-order chi connectivity index (χ0) is 17.4. The summed E-state index contributed by atoms with van der Waals surface area (Å²) >= 11 is 0. The molecular weight excluding hydrogens is 318 g/mol. The maximum Gasteiger partial charge on any atom is 0.317 e. The number of carbonyl (C=O) groups excluding carboxylic acids is 1. The number of fused-ring (bicyclic) bond motifs is 1. The fourth-order valence-electron chi connectivity index (χ4n) is 3.29. The van der Waals surface area contributed by atoms with Gasteiger partial charge in [-0.3, -0.25) is 0 Å². The van der Waals surface area contributed by atoms with E-state index in [1.807, 2.05) is 47.2 Å². The number of para-hydroxylation sites is 2. The summed E-state index contributed by atoms with van der Waals surface area (Å²) in [5.74, 6) is 0.906. The predicted molar refractivity (Wildman–Crippen MR) is 94.7 cm³/mol. The third kappa shape index (κ3) is 2.69. The second-order valence-electron chi connectivity index (χ2n) is 6.16. The van der Waals surface area contributed by atoms with E-state index >= 15 is 0 Å². The van der Waals surface area contributed by atoms with Gasteiger partial charge < -0.3 is 14.8 Å². The summed E-state index contributed by atoms with van der Waals surface area (Å²) in [5.41, 5.74) is 3.06. The van der Waals surface area contributed by atoms with E-state index in [0.29, 0.717) is 13.1 Å². The maximum absolute atomic E-state index is 11.7. The lowest BCUT2D eigenvalue weighted by molar-refractivity contribution is -0.746. The lowest BCUT2D eigenvalue weighted by Gasteiger charge is -2.30. The molecule has 8 heteroatoms. The first-order valence-electron chi connectivity index (χ1n) is 8.42. The molecule has 4 rings (SSSR count). The number of aromatic amines is 1. The summed E-state index contributed by atoms with van der Waals surface area (Å²) in [5, 5.41) is 8.26. The highest BCUT2D eigenvalue weighted by Gasteiger charge is 2.26. The Labute approximate surface area is 145 Å². The monoisotopic (exact) mass is 340 g/mol. The second-order valence-corrected chi connectivity index (χ2v) is 6.16. The maximum atomic E-state index is 11.7. The molecule has 0 saturated carbocycles. The van der Waals surface area contributed by atoms with Crippen molar-refractivity contribution in [1.29, 1.82) is 0 Å². The number of rotatable bonds is 2. The molecule has 25 heavy (non-hydrogen) atoms. The largest absolute Gasteiger partial charge is 0.341 e. The molecule has 0 bridgehead atoms. The Morgan fingerprint density at radius 2 is 1.96 bits per heavy atom. The Morgan fingerprint density at radius 1 is 1.20 bits per heavy atom. The van der Waals surface area contributed by atoms with Crippen molar-refractivity contribution in [2.75, 3.05) is 38.2 Å². The molecule has 1 fully saturated rings. The Morgan fingerprint density at radius 3 is 2.68 bits per heavy atom. The smallest absolute Gasteiger partial charge is 0.317 e. The van der Waals surface area contributed by atoms with Gasteiger partial charge in [-0.1, -0.05) is 12.1 Å². The van der Waals surface area contributed by atoms with Crippen molar-refractivity contribution in [3.63, 3.8) is 0 Å². The summed E-state index contributed by atoms with van der Waals surface area (Å²) in [4.78, 5) is 20.2. The lowest BCUT2D eigenvalue weighted by atomic mass is 10.3. The highest BCUT2D eigenvalue weighted by atomic mass is 16.2. The SMILES string of the molecule is CNC(=O)N1CCN([n+]2ccc(-c3nc4ccccc4n3C)[nH]2)CC1. The summed E-state index contributed by atoms with van der Waals surface area (Å²) < 4.78 is 2.09. The minimum atomic E-state index is -0.0171. The molecule has 0 aliphatic carbocycles. The van der Waals surface area contributed by atoms with Crippen LogP contribution in [0.1, 0.15) is 0 Å². The molecule has 1 saturated heterocycles. The number of aryl methyl sites for hydroxylation is 1. The van der Waals surface area contributed by atoms with Gasteiger partial charge in [0, 0.05) is 38.0 Å². The van der Waals surface area contributed by atoms with E-state index in [0.717, 1.165) is 35.6 Å². The number of amides is 2. The molecule has 2 amide bonds. The molecule has 130 valence electrons. The van der Waals surface area contributed by atoms with Gasteiger partial charge in [0.15, 0.2) is 5.82 Å². The molecule has 3 aromatic rings. The average Bonchev–Trinajstić information content (AvgIpc) is 3.27. The van der Waals surface area contributed by atoms with Gasteiger partial charge in [0.05, 0.1) is 24.1 Å². The Bertz CT molecular complexity index is 905. The number of urea groups is 1. The van der Waals surface area contributed by atoms with Crippen LogP contribution in [0.4, 0.5) is 4.79 Å². The topological polar surface area (TPSA) is 73.1 Å². The molecule has 2 aromatic heterocycles. The quantitative estimate of drug-likeness (QED) is 0.665. The number of nitrogens with one attached hydrogen (secondary N) is 2. The molecule has 1 aliphatic rings. The van der Waals surface area contributed by atoms with Crippen molar-refractivity contribution in [3.8, 4) is 11.5 Å². The van der Waals surface area contributed by atoms with Crippen LogP contribution in [-0.2, 0) is 7.05 Å². The van der Waals surface area contributed by atoms with Crippen LogP contribution in [0.2, 0.25) is 0 Å². The highest BCUT2D eigenvalue weighted by Crippen LogP contribution is 2.21. The molecule has 3 heterocycles. The summed E-state index contributed by atoms with van der Waals surface area (Å²) in [7, 11) is 3.69. The number of hydrogen-bond donors (Lipinski definition) is 2. The first-order chi connectivity index (χ1) is 12.2. The Kier molecular flexibility index (Phi) is 3.79. The van der Waals surface area contributed by atoms with E-state index < -0.39 is 0 Å². The molecule has 1 aromatic carbocycles. The predicted octanol–water partition coefficient (Wildman–Crippen LogP) is 0.449. The van der Waals surface area contributed by atoms with E-state index in [9.17, 15) is 4.79 Å². The van der Waals surface area contributed by atoms with Crippen molar-refractivity contribution in [2.45, 2.75) is 0 Å². The average molecular weight is 340 g/mol. The molecule has 2 N–H and O–H groups in total. The molecule has 0 unspecified atom stereocenters. The summed E-state index contributed by atoms with van der Waals surface area (Å²) in [6.07, 6.45) is 2.00. The van der Waals surface area contributed by atoms with Crippen LogP contribution in [0.5, 0.6) is 0 Å². The molecule has 8 nitrogen and oxygen atoms in total. The van der Waals surface area contributed by atoms with Gasteiger partial charge in [-0.05, 0) is 12.1 Å². The third-order valence-corrected chi connectivity index (χ3v) is 4.71. The number of imidazole rings is 1. The minimum Gasteiger partial charge on any atom is -0.341 e. The van der Waals surface area contributed by atoms with Crippen molar-refractivity contribution in [1.82, 2.24) is 24.9 Å². The van der Waals surface area contributed by atoms with Crippen LogP contribution >= 0.6 is 0 Å². The highest BCUT2D eigenvalue weighted by molar-refractivity contribution is 5.79. The number of piperazine rings is 1. The number of hydrogen-bond acceptors (Lipinski definition) is 3. The summed E-state index contributed by atoms with van der Waals surface area (Å²) in [6, 6.07) is 10.1. The number of carbonyl (C=O) groups is 1. The zero-order valence-corrected chi connectivity index (χ0v) is 14.4. The number of benzene rings is 1. The van der Waals surface area contributed by atoms with Crippen LogP contribution in [0.15, 0.2) is 36.5 Å². The van der Waals surface area contributed by atoms with Crippen LogP contribution in [0.3, 0.4) is 0 Å². The fraction of sp³-hybridized carbons (Fsp3) is 0.353. The van der Waals surface area contributed by atoms with Crippen molar-refractivity contribution >= 4 is 17.1 Å². The molecule has 1 aliphatic heterocycles. The second kappa shape index (κ2) is 6.12. The zero-order valence-electron chi connectivity index (χ0n) is 14.4. The van der Waals surface area contributed by atoms with E-state index in [1.165, 1.54) is 0 Å². The normalized spacial score (nSPS) is 15.0. The van der Waals surface area contributed by atoms with Crippen LogP contribution in [-0.4, -0.2) is 58.8 Å². The van der Waals surface area contributed by atoms with Crippen molar-refractivity contribution < 1.29 is 9.59 Å². The van der Waals surface area contributed by atoms with Crippen molar-refractivity contribution in [2.24, 2.45) is 7.05 Å². The first kappa shape index (κ1) is 15.5. The van der Waals surface area contributed by atoms with Crippen molar-refractivity contribution in [3.05, 3.63) is 36.5 Å². The Balaban J connectivity index is 1.54. The van der Waals surface area contributed by atoms with E-state index in [4.69, 9.17) is 4.98 Å². The van der Waals surface area contributed by atoms with E-state index in [1.54, 1.807) is 7.05 Å². The third-order valence-electron chi connectivity index (χ3n) is 4.71. The van der Waals surface area contributed by atoms with Crippen LogP contribution in [0.25, 0.3) is 22.6 Å². The standard InChI is InChI=1S/C17H21N7O/c1-18-17(25)22-9-11-23(12-10-22)24-8-7-14(20-24)16-19-13-5-3-4-6-15(13)21(16)2/h3-8H,9-12H2,1-2H3,(H,18,25)/p+1. The van der Waals surface area contributed by atoms with E-state index in [2.05, 4.69) is 26.1 Å². The van der Waals surface area contributed by atoms with Gasteiger partial charge in [0.2, 0.25) is 6.20 Å². The van der Waals surface area contributed by atoms with Crippen LogP contribution in [0, 0.1) is 0 Å². The number of nitrogens with zero attached hydrogens (tertiary/aromatic N) is 5. The molecule has 0 spiro atoms. The van der Waals surface area contributed by atoms with Gasteiger partial charge in [0.25, 0.3) is 0 Å². The van der Waals surface area contributed by atoms with Gasteiger partial charge in [-0.2, -0.15) is 5.01 Å². The first-order valence-corrected chi connectivity index (χ1v) is 8.42. The van der Waals surface area contributed by atoms with Gasteiger partial charge >= 0.3 is 6.03 Å². The van der Waals surface area contributed by atoms with Gasteiger partial charge in [-0.25, -0.2) is 9.78 Å². The van der Waals surface area contributed by atoms with E-state index in [-0.39, 0.29) is 6.03 Å². The fourth-order valence-corrected chi connectivity index (χ4v) is 3.29. The molecular formula is C17H22N7O+.